The molecule has 6 heteroatoms. The molecule has 0 N–H and O–H groups in total. The molecule has 0 aliphatic heterocycles. The molecule has 0 radical (unpaired) electrons. The van der Waals surface area contributed by atoms with E-state index in [2.05, 4.69) is 0 Å². The van der Waals surface area contributed by atoms with E-state index in [1.807, 2.05) is 34.6 Å². The molecule has 0 rings (SSSR count). The minimum absolute atomic E-state index is 0. The molecule has 0 aromatic rings. The van der Waals surface area contributed by atoms with E-state index in [-0.39, 0.29) is 19.5 Å². The van der Waals surface area contributed by atoms with Gasteiger partial charge in [-0.15, -0.1) is 0 Å². The van der Waals surface area contributed by atoms with Crippen molar-refractivity contribution >= 4 is 0 Å². The van der Waals surface area contributed by atoms with Gasteiger partial charge >= 0.3 is 97.0 Å². The summed E-state index contributed by atoms with van der Waals surface area (Å²) in [4.78, 5) is 0. The van der Waals surface area contributed by atoms with Crippen LogP contribution in [0.4, 0.5) is 0 Å². The zero-order valence-corrected chi connectivity index (χ0v) is 16.8. The average Bonchev–Trinajstić information content (AvgIpc) is 2.20. The van der Waals surface area contributed by atoms with Crippen molar-refractivity contribution in [2.75, 3.05) is 26.4 Å². The summed E-state index contributed by atoms with van der Waals surface area (Å²) >= 11 is -4.26. The number of hydrogen-bond donors (Lipinski definition) is 0. The van der Waals surface area contributed by atoms with Crippen LogP contribution in [0.5, 0.6) is 0 Å². The fraction of sp³-hybridized carbons (Fsp3) is 1.00. The Balaban J connectivity index is 0. The monoisotopic (exact) mass is 363 g/mol. The molecule has 0 saturated carbocycles. The summed E-state index contributed by atoms with van der Waals surface area (Å²) in [5, 5.41) is 0. The standard InChI is InChI=1S/4C2H5O.C2H5.Zn.Zr/c4*1-2-3;1-2;;/h4*2H2,1H3;1H2,2H3;;/q4*-1;;;+4. The fourth-order valence-corrected chi connectivity index (χ4v) is 10.5. The Labute approximate surface area is 116 Å². The number of hydrogen-bond acceptors (Lipinski definition) is 4. The normalized spacial score (nSPS) is 13.9. The second-order valence-electron chi connectivity index (χ2n) is 3.16. The van der Waals surface area contributed by atoms with E-state index >= 15 is 0 Å². The van der Waals surface area contributed by atoms with E-state index in [1.165, 1.54) is 0 Å². The van der Waals surface area contributed by atoms with Gasteiger partial charge in [0, 0.05) is 19.5 Å². The predicted octanol–water partition coefficient (Wildman–Crippen LogP) is 2.92. The number of rotatable bonds is 9. The van der Waals surface area contributed by atoms with Crippen LogP contribution in [0.2, 0.25) is 4.13 Å². The van der Waals surface area contributed by atoms with Gasteiger partial charge in [0.2, 0.25) is 0 Å². The molecule has 0 aliphatic rings. The molecule has 0 unspecified atom stereocenters. The largest absolute Gasteiger partial charge is 0 e. The molecular weight excluding hydrogens is 341 g/mol. The Kier molecular flexibility index (Phi) is 11.4. The van der Waals surface area contributed by atoms with Crippen LogP contribution in [0, 0.1) is 0 Å². The maximum absolute atomic E-state index is 5.83. The van der Waals surface area contributed by atoms with Crippen molar-refractivity contribution in [1.29, 1.82) is 0 Å². The van der Waals surface area contributed by atoms with Gasteiger partial charge < -0.3 is 0 Å². The molecule has 0 aromatic heterocycles. The summed E-state index contributed by atoms with van der Waals surface area (Å²) < 4.78 is 24.0. The van der Waals surface area contributed by atoms with Gasteiger partial charge in [-0.3, -0.25) is 0 Å². The van der Waals surface area contributed by atoms with E-state index in [0.717, 1.165) is 0 Å². The molecule has 0 atom stereocenters. The van der Waals surface area contributed by atoms with Crippen LogP contribution >= 0.6 is 0 Å². The SMILES string of the molecule is CC[O][Zr]([CH2]C)([O]CC)([O]CC)[O]CC.[Zn]. The Hall–Kier alpha value is 1.35. The molecule has 16 heavy (non-hydrogen) atoms. The third-order valence-electron chi connectivity index (χ3n) is 2.27. The van der Waals surface area contributed by atoms with E-state index in [0.29, 0.717) is 30.6 Å². The first-order valence-electron chi connectivity index (χ1n) is 5.86. The van der Waals surface area contributed by atoms with Gasteiger partial charge in [0.15, 0.2) is 0 Å². The van der Waals surface area contributed by atoms with Crippen LogP contribution in [0.1, 0.15) is 34.6 Å². The summed E-state index contributed by atoms with van der Waals surface area (Å²) in [5.41, 5.74) is 0. The van der Waals surface area contributed by atoms with Crippen molar-refractivity contribution in [2.45, 2.75) is 38.7 Å². The second-order valence-corrected chi connectivity index (χ2v) is 13.0. The van der Waals surface area contributed by atoms with Gasteiger partial charge in [-0.2, -0.15) is 0 Å². The van der Waals surface area contributed by atoms with E-state index in [1.54, 1.807) is 0 Å². The molecule has 0 spiro atoms. The molecule has 4 nitrogen and oxygen atoms in total. The summed E-state index contributed by atoms with van der Waals surface area (Å²) in [7, 11) is 0. The molecule has 0 aromatic carbocycles. The molecule has 0 saturated heterocycles. The quantitative estimate of drug-likeness (QED) is 0.589. The van der Waals surface area contributed by atoms with Crippen LogP contribution < -0.4 is 0 Å². The molecular formula is C10H25O4ZnZr. The van der Waals surface area contributed by atoms with Gasteiger partial charge in [0.25, 0.3) is 0 Å². The minimum atomic E-state index is -4.26. The molecule has 0 aliphatic carbocycles. The van der Waals surface area contributed by atoms with Gasteiger partial charge in [-0.05, 0) is 0 Å². The molecule has 0 amide bonds. The van der Waals surface area contributed by atoms with E-state index < -0.39 is 20.5 Å². The molecule has 0 heterocycles. The van der Waals surface area contributed by atoms with Gasteiger partial charge in [-0.25, -0.2) is 0 Å². The van der Waals surface area contributed by atoms with Crippen LogP contribution in [-0.4, -0.2) is 26.4 Å². The van der Waals surface area contributed by atoms with Crippen LogP contribution in [0.25, 0.3) is 0 Å². The Bertz CT molecular complexity index is 145. The van der Waals surface area contributed by atoms with Crippen molar-refractivity contribution in [3.63, 3.8) is 0 Å². The second kappa shape index (κ2) is 9.30. The Morgan fingerprint density at radius 3 is 1.00 bits per heavy atom. The van der Waals surface area contributed by atoms with Gasteiger partial charge in [0.05, 0.1) is 0 Å². The smallest absolute Gasteiger partial charge is 0 e. The summed E-state index contributed by atoms with van der Waals surface area (Å²) in [6, 6.07) is 0. The Morgan fingerprint density at radius 1 is 0.625 bits per heavy atom. The first kappa shape index (κ1) is 19.7. The first-order valence-corrected chi connectivity index (χ1v) is 11.6. The van der Waals surface area contributed by atoms with Gasteiger partial charge in [-0.1, -0.05) is 0 Å². The summed E-state index contributed by atoms with van der Waals surface area (Å²) in [6.45, 7) is 12.1. The van der Waals surface area contributed by atoms with Crippen LogP contribution in [0.3, 0.4) is 0 Å². The topological polar surface area (TPSA) is 36.9 Å². The van der Waals surface area contributed by atoms with Crippen molar-refractivity contribution in [3.8, 4) is 0 Å². The van der Waals surface area contributed by atoms with Crippen molar-refractivity contribution in [3.05, 3.63) is 0 Å². The average molecular weight is 366 g/mol. The maximum atomic E-state index is 5.83. The molecule has 0 bridgehead atoms. The van der Waals surface area contributed by atoms with Crippen LogP contribution in [0.15, 0.2) is 0 Å². The van der Waals surface area contributed by atoms with E-state index in [9.17, 15) is 0 Å². The van der Waals surface area contributed by atoms with Crippen molar-refractivity contribution in [2.24, 2.45) is 0 Å². The zero-order valence-electron chi connectivity index (χ0n) is 11.4. The fourth-order valence-electron chi connectivity index (χ4n) is 1.77. The molecule has 95 valence electrons. The zero-order chi connectivity index (χ0) is 11.8. The molecule has 0 fully saturated rings. The van der Waals surface area contributed by atoms with Crippen molar-refractivity contribution in [1.82, 2.24) is 0 Å². The third kappa shape index (κ3) is 4.92. The van der Waals surface area contributed by atoms with Crippen molar-refractivity contribution < 1.29 is 51.3 Å². The predicted molar refractivity (Wildman–Crippen MR) is 57.0 cm³/mol. The summed E-state index contributed by atoms with van der Waals surface area (Å²) in [6.07, 6.45) is 0. The van der Waals surface area contributed by atoms with Crippen LogP contribution in [-0.2, 0) is 51.3 Å². The summed E-state index contributed by atoms with van der Waals surface area (Å²) in [5.74, 6) is 0. The minimum Gasteiger partial charge on any atom is 0 e. The van der Waals surface area contributed by atoms with E-state index in [4.69, 9.17) is 11.3 Å². The first-order chi connectivity index (χ1) is 7.12. The Morgan fingerprint density at radius 2 is 0.875 bits per heavy atom. The maximum Gasteiger partial charge on any atom is 0 e. The third-order valence-corrected chi connectivity index (χ3v) is 13.4. The van der Waals surface area contributed by atoms with Gasteiger partial charge in [0.1, 0.15) is 0 Å².